The third-order valence-electron chi connectivity index (χ3n) is 2.13. The van der Waals surface area contributed by atoms with E-state index in [-0.39, 0.29) is 22.1 Å². The van der Waals surface area contributed by atoms with Crippen LogP contribution >= 0.6 is 27.3 Å². The minimum atomic E-state index is -1.07. The minimum Gasteiger partial charge on any atom is -0.477 e. The first-order valence-corrected chi connectivity index (χ1v) is 6.58. The predicted molar refractivity (Wildman–Crippen MR) is 72.1 cm³/mol. The molecule has 0 spiro atoms. The maximum absolute atomic E-state index is 10.9. The molecule has 1 aromatic heterocycles. The average Bonchev–Trinajstić information content (AvgIpc) is 2.77. The number of halogens is 1. The van der Waals surface area contributed by atoms with Gasteiger partial charge < -0.3 is 9.84 Å². The van der Waals surface area contributed by atoms with E-state index >= 15 is 0 Å². The number of thiophene rings is 1. The van der Waals surface area contributed by atoms with E-state index in [4.69, 9.17) is 9.84 Å². The van der Waals surface area contributed by atoms with Crippen LogP contribution < -0.4 is 4.74 Å². The van der Waals surface area contributed by atoms with Crippen molar-refractivity contribution in [3.8, 4) is 11.5 Å². The molecule has 0 fully saturated rings. The summed E-state index contributed by atoms with van der Waals surface area (Å²) in [6.07, 6.45) is 0. The molecule has 6 nitrogen and oxygen atoms in total. The standard InChI is InChI=1S/C11H6BrNO5S/c12-6-1-2-8(13(16)17)9(3-6)18-7-4-10(11(14)15)19-5-7/h1-5H,(H,14,15). The van der Waals surface area contributed by atoms with Gasteiger partial charge in [-0.15, -0.1) is 11.3 Å². The lowest BCUT2D eigenvalue weighted by atomic mass is 10.3. The Morgan fingerprint density at radius 3 is 2.74 bits per heavy atom. The van der Waals surface area contributed by atoms with Crippen LogP contribution in [-0.4, -0.2) is 16.0 Å². The maximum Gasteiger partial charge on any atom is 0.346 e. The fourth-order valence-corrected chi connectivity index (χ4v) is 2.32. The summed E-state index contributed by atoms with van der Waals surface area (Å²) in [7, 11) is 0. The highest BCUT2D eigenvalue weighted by molar-refractivity contribution is 9.10. The molecule has 0 bridgehead atoms. The molecule has 0 aliphatic carbocycles. The van der Waals surface area contributed by atoms with E-state index in [9.17, 15) is 14.9 Å². The lowest BCUT2D eigenvalue weighted by Crippen LogP contribution is -1.93. The van der Waals surface area contributed by atoms with E-state index in [0.717, 1.165) is 11.3 Å². The van der Waals surface area contributed by atoms with Gasteiger partial charge in [-0.25, -0.2) is 4.79 Å². The summed E-state index contributed by atoms with van der Waals surface area (Å²) in [5.74, 6) is -0.763. The SMILES string of the molecule is O=C(O)c1cc(Oc2cc(Br)ccc2[N+](=O)[O-])cs1. The third-order valence-corrected chi connectivity index (χ3v) is 3.52. The van der Waals surface area contributed by atoms with Crippen molar-refractivity contribution < 1.29 is 19.6 Å². The van der Waals surface area contributed by atoms with E-state index in [1.54, 1.807) is 0 Å². The molecule has 0 aliphatic heterocycles. The van der Waals surface area contributed by atoms with Crippen molar-refractivity contribution in [1.82, 2.24) is 0 Å². The first-order valence-electron chi connectivity index (χ1n) is 4.91. The lowest BCUT2D eigenvalue weighted by molar-refractivity contribution is -0.385. The second kappa shape index (κ2) is 5.37. The molecule has 0 saturated heterocycles. The first-order chi connectivity index (χ1) is 8.97. The number of nitro benzene ring substituents is 1. The van der Waals surface area contributed by atoms with E-state index in [1.807, 2.05) is 0 Å². The normalized spacial score (nSPS) is 10.2. The molecule has 0 amide bonds. The Morgan fingerprint density at radius 2 is 2.16 bits per heavy atom. The summed E-state index contributed by atoms with van der Waals surface area (Å²) < 4.78 is 5.98. The number of carboxylic acid groups (broad SMARTS) is 1. The smallest absolute Gasteiger partial charge is 0.346 e. The molecule has 98 valence electrons. The number of rotatable bonds is 4. The highest BCUT2D eigenvalue weighted by Crippen LogP contribution is 2.35. The fourth-order valence-electron chi connectivity index (χ4n) is 1.33. The zero-order valence-electron chi connectivity index (χ0n) is 9.20. The van der Waals surface area contributed by atoms with Gasteiger partial charge in [-0.1, -0.05) is 15.9 Å². The number of benzene rings is 1. The Kier molecular flexibility index (Phi) is 3.82. The van der Waals surface area contributed by atoms with Crippen molar-refractivity contribution in [2.45, 2.75) is 0 Å². The minimum absolute atomic E-state index is 0.0501. The van der Waals surface area contributed by atoms with Crippen LogP contribution in [0.25, 0.3) is 0 Å². The number of nitrogens with zero attached hydrogens (tertiary/aromatic N) is 1. The molecule has 1 heterocycles. The molecule has 0 aliphatic rings. The van der Waals surface area contributed by atoms with E-state index in [1.165, 1.54) is 29.6 Å². The van der Waals surface area contributed by atoms with Crippen molar-refractivity contribution in [2.24, 2.45) is 0 Å². The van der Waals surface area contributed by atoms with Crippen LogP contribution in [0.2, 0.25) is 0 Å². The molecular weight excluding hydrogens is 338 g/mol. The quantitative estimate of drug-likeness (QED) is 0.671. The van der Waals surface area contributed by atoms with Gasteiger partial charge in [-0.2, -0.15) is 0 Å². The van der Waals surface area contributed by atoms with Gasteiger partial charge in [0.05, 0.1) is 4.92 Å². The van der Waals surface area contributed by atoms with Crippen LogP contribution in [-0.2, 0) is 0 Å². The summed E-state index contributed by atoms with van der Waals surface area (Å²) in [5.41, 5.74) is -0.189. The van der Waals surface area contributed by atoms with Gasteiger partial charge >= 0.3 is 11.7 Å². The molecule has 2 rings (SSSR count). The molecule has 0 unspecified atom stereocenters. The van der Waals surface area contributed by atoms with Crippen LogP contribution in [0.15, 0.2) is 34.1 Å². The van der Waals surface area contributed by atoms with Gasteiger partial charge in [0.25, 0.3) is 0 Å². The number of nitro groups is 1. The third kappa shape index (κ3) is 3.09. The van der Waals surface area contributed by atoms with Gasteiger partial charge in [0.2, 0.25) is 5.75 Å². The van der Waals surface area contributed by atoms with Gasteiger partial charge in [0, 0.05) is 28.1 Å². The second-order valence-corrected chi connectivity index (χ2v) is 5.25. The molecular formula is C11H6BrNO5S. The van der Waals surface area contributed by atoms with Crippen LogP contribution in [0, 0.1) is 10.1 Å². The molecule has 0 radical (unpaired) electrons. The molecule has 0 saturated carbocycles. The maximum atomic E-state index is 10.9. The molecule has 1 aromatic carbocycles. The van der Waals surface area contributed by atoms with Crippen LogP contribution in [0.1, 0.15) is 9.67 Å². The van der Waals surface area contributed by atoms with Crippen molar-refractivity contribution in [3.05, 3.63) is 49.1 Å². The largest absolute Gasteiger partial charge is 0.477 e. The predicted octanol–water partition coefficient (Wildman–Crippen LogP) is 3.91. The monoisotopic (exact) mass is 343 g/mol. The summed E-state index contributed by atoms with van der Waals surface area (Å²) in [5, 5.41) is 21.1. The van der Waals surface area contributed by atoms with E-state index < -0.39 is 10.9 Å². The molecule has 8 heteroatoms. The van der Waals surface area contributed by atoms with Crippen molar-refractivity contribution in [1.29, 1.82) is 0 Å². The molecule has 19 heavy (non-hydrogen) atoms. The van der Waals surface area contributed by atoms with Gasteiger partial charge in [-0.3, -0.25) is 10.1 Å². The number of aromatic carboxylic acids is 1. The highest BCUT2D eigenvalue weighted by Gasteiger charge is 2.17. The summed E-state index contributed by atoms with van der Waals surface area (Å²) >= 11 is 4.18. The summed E-state index contributed by atoms with van der Waals surface area (Å²) in [6.45, 7) is 0. The van der Waals surface area contributed by atoms with E-state index in [0.29, 0.717) is 4.47 Å². The number of ether oxygens (including phenoxy) is 1. The van der Waals surface area contributed by atoms with Crippen LogP contribution in [0.4, 0.5) is 5.69 Å². The molecule has 2 aromatic rings. The zero-order chi connectivity index (χ0) is 14.0. The summed E-state index contributed by atoms with van der Waals surface area (Å²) in [6, 6.07) is 5.61. The first kappa shape index (κ1) is 13.5. The Hall–Kier alpha value is -1.93. The van der Waals surface area contributed by atoms with Gasteiger partial charge in [0.1, 0.15) is 10.6 Å². The fraction of sp³-hybridized carbons (Fsp3) is 0. The van der Waals surface area contributed by atoms with Gasteiger partial charge in [0.15, 0.2) is 0 Å². The zero-order valence-corrected chi connectivity index (χ0v) is 11.6. The number of carboxylic acids is 1. The molecule has 1 N–H and O–H groups in total. The Balaban J connectivity index is 2.33. The second-order valence-electron chi connectivity index (χ2n) is 3.42. The van der Waals surface area contributed by atoms with Crippen LogP contribution in [0.5, 0.6) is 11.5 Å². The van der Waals surface area contributed by atoms with E-state index in [2.05, 4.69) is 15.9 Å². The Morgan fingerprint density at radius 1 is 1.42 bits per heavy atom. The average molecular weight is 344 g/mol. The van der Waals surface area contributed by atoms with Crippen LogP contribution in [0.3, 0.4) is 0 Å². The lowest BCUT2D eigenvalue weighted by Gasteiger charge is -2.04. The Labute approximate surface area is 119 Å². The van der Waals surface area contributed by atoms with Crippen molar-refractivity contribution in [3.63, 3.8) is 0 Å². The molecule has 0 atom stereocenters. The van der Waals surface area contributed by atoms with Gasteiger partial charge in [-0.05, 0) is 6.07 Å². The number of hydrogen-bond acceptors (Lipinski definition) is 5. The van der Waals surface area contributed by atoms with Crippen molar-refractivity contribution in [2.75, 3.05) is 0 Å². The Bertz CT molecular complexity index is 654. The van der Waals surface area contributed by atoms with Crippen molar-refractivity contribution >= 4 is 38.9 Å². The highest BCUT2D eigenvalue weighted by atomic mass is 79.9. The topological polar surface area (TPSA) is 89.7 Å². The number of hydrogen-bond donors (Lipinski definition) is 1. The number of carbonyl (C=O) groups is 1. The summed E-state index contributed by atoms with van der Waals surface area (Å²) in [4.78, 5) is 21.1.